The number of carbonyl (C=O) groups is 1. The Hall–Kier alpha value is -2.37. The van der Waals surface area contributed by atoms with E-state index in [1.807, 2.05) is 49.5 Å². The summed E-state index contributed by atoms with van der Waals surface area (Å²) in [5, 5.41) is 3.65. The Morgan fingerprint density at radius 1 is 1.10 bits per heavy atom. The monoisotopic (exact) mass is 649 g/mol. The smallest absolute Gasteiger partial charge is 0.434 e. The van der Waals surface area contributed by atoms with Crippen LogP contribution in [-0.2, 0) is 18.9 Å². The number of anilines is 1. The van der Waals surface area contributed by atoms with Gasteiger partial charge in [0.05, 0.1) is 37.2 Å². The summed E-state index contributed by atoms with van der Waals surface area (Å²) < 4.78 is 25.9. The number of pyridine rings is 1. The lowest BCUT2D eigenvalue weighted by atomic mass is 9.88. The Morgan fingerprint density at radius 3 is 2.62 bits per heavy atom. The number of ether oxygens (including phenoxy) is 4. The first-order valence-corrected chi connectivity index (χ1v) is 15.1. The van der Waals surface area contributed by atoms with Crippen molar-refractivity contribution in [2.75, 3.05) is 32.2 Å². The third-order valence-corrected chi connectivity index (χ3v) is 8.51. The highest BCUT2D eigenvalue weighted by Gasteiger charge is 2.42. The SMILES string of the molecule is CCCCC(I)CCCOC(=O)O[C@@H]1[C@@H](c2ccccc2)Nc2c(ccn3c(C)c(C)nc23)[C@H]1OCCOC. The van der Waals surface area contributed by atoms with Crippen molar-refractivity contribution in [2.45, 2.75) is 75.0 Å². The molecule has 2 aromatic heterocycles. The molecule has 1 unspecified atom stereocenters. The molecule has 0 aliphatic carbocycles. The molecule has 1 aromatic carbocycles. The number of nitrogens with one attached hydrogen (secondary N) is 1. The molecule has 0 saturated heterocycles. The van der Waals surface area contributed by atoms with Gasteiger partial charge in [-0.3, -0.25) is 0 Å². The van der Waals surface area contributed by atoms with Crippen molar-refractivity contribution in [3.63, 3.8) is 0 Å². The van der Waals surface area contributed by atoms with Crippen LogP contribution in [0.1, 0.15) is 73.7 Å². The van der Waals surface area contributed by atoms with E-state index in [0.29, 0.717) is 23.7 Å². The molecule has 212 valence electrons. The standard InChI is InChI=1S/C30H40IN3O5/c1-5-6-13-23(31)14-10-17-38-30(35)39-28-25(22-11-8-7-9-12-22)33-26-24(27(28)37-19-18-36-4)15-16-34-21(3)20(2)32-29(26)34/h7-9,11-12,15-16,23,25,27-28,33H,5-6,10,13-14,17-19H2,1-4H3/t23?,25-,27-,28-/m1/s1. The van der Waals surface area contributed by atoms with E-state index in [4.69, 9.17) is 23.9 Å². The van der Waals surface area contributed by atoms with E-state index in [-0.39, 0.29) is 6.04 Å². The fourth-order valence-electron chi connectivity index (χ4n) is 5.01. The van der Waals surface area contributed by atoms with E-state index in [0.717, 1.165) is 46.7 Å². The van der Waals surface area contributed by atoms with Crippen LogP contribution < -0.4 is 5.32 Å². The number of nitrogens with zero attached hydrogens (tertiary/aromatic N) is 2. The van der Waals surface area contributed by atoms with Crippen LogP contribution >= 0.6 is 22.6 Å². The van der Waals surface area contributed by atoms with Gasteiger partial charge in [-0.05, 0) is 44.7 Å². The number of alkyl halides is 1. The summed E-state index contributed by atoms with van der Waals surface area (Å²) in [7, 11) is 1.64. The lowest BCUT2D eigenvalue weighted by Crippen LogP contribution is -2.41. The molecule has 4 rings (SSSR count). The highest BCUT2D eigenvalue weighted by atomic mass is 127. The van der Waals surface area contributed by atoms with E-state index >= 15 is 0 Å². The Kier molecular flexibility index (Phi) is 10.9. The molecule has 3 heterocycles. The van der Waals surface area contributed by atoms with Gasteiger partial charge in [0.25, 0.3) is 0 Å². The molecule has 9 heteroatoms. The van der Waals surface area contributed by atoms with Crippen LogP contribution in [0.3, 0.4) is 0 Å². The van der Waals surface area contributed by atoms with Crippen LogP contribution in [0.5, 0.6) is 0 Å². The van der Waals surface area contributed by atoms with Crippen LogP contribution in [0.4, 0.5) is 10.5 Å². The maximum absolute atomic E-state index is 13.0. The molecular weight excluding hydrogens is 609 g/mol. The van der Waals surface area contributed by atoms with Crippen LogP contribution in [0.2, 0.25) is 0 Å². The fourth-order valence-corrected chi connectivity index (χ4v) is 5.89. The number of benzene rings is 1. The molecule has 0 saturated carbocycles. The minimum atomic E-state index is -0.682. The Labute approximate surface area is 244 Å². The number of carbonyl (C=O) groups excluding carboxylic acids is 1. The number of methoxy groups -OCH3 is 1. The van der Waals surface area contributed by atoms with Gasteiger partial charge in [-0.15, -0.1) is 0 Å². The van der Waals surface area contributed by atoms with Crippen molar-refractivity contribution in [2.24, 2.45) is 0 Å². The molecule has 39 heavy (non-hydrogen) atoms. The molecule has 0 bridgehead atoms. The van der Waals surface area contributed by atoms with E-state index in [9.17, 15) is 4.79 Å². The summed E-state index contributed by atoms with van der Waals surface area (Å²) in [5.74, 6) is 0. The van der Waals surface area contributed by atoms with Gasteiger partial charge in [-0.25, -0.2) is 9.78 Å². The molecule has 1 aliphatic heterocycles. The van der Waals surface area contributed by atoms with Crippen molar-refractivity contribution >= 4 is 40.1 Å². The van der Waals surface area contributed by atoms with Crippen molar-refractivity contribution in [3.8, 4) is 0 Å². The molecule has 1 aliphatic rings. The molecule has 0 radical (unpaired) electrons. The third kappa shape index (κ3) is 7.24. The maximum atomic E-state index is 13.0. The lowest BCUT2D eigenvalue weighted by molar-refractivity contribution is -0.0835. The van der Waals surface area contributed by atoms with E-state index in [1.165, 1.54) is 19.3 Å². The Morgan fingerprint density at radius 2 is 1.87 bits per heavy atom. The third-order valence-electron chi connectivity index (χ3n) is 7.26. The molecule has 1 N–H and O–H groups in total. The number of halogens is 1. The Bertz CT molecular complexity index is 1220. The number of hydrogen-bond acceptors (Lipinski definition) is 7. The van der Waals surface area contributed by atoms with Crippen LogP contribution in [0.25, 0.3) is 5.65 Å². The van der Waals surface area contributed by atoms with Gasteiger partial charge in [0.15, 0.2) is 11.8 Å². The number of imidazole rings is 1. The normalized spacial score (nSPS) is 19.4. The molecule has 8 nitrogen and oxygen atoms in total. The zero-order valence-corrected chi connectivity index (χ0v) is 25.5. The quantitative estimate of drug-likeness (QED) is 0.0914. The average molecular weight is 650 g/mol. The number of unbranched alkanes of at least 4 members (excludes halogenated alkanes) is 1. The second-order valence-electron chi connectivity index (χ2n) is 10.0. The topological polar surface area (TPSA) is 83.3 Å². The first-order chi connectivity index (χ1) is 18.9. The summed E-state index contributed by atoms with van der Waals surface area (Å²) in [6, 6.07) is 11.6. The number of aryl methyl sites for hydroxylation is 2. The summed E-state index contributed by atoms with van der Waals surface area (Å²) >= 11 is 2.49. The van der Waals surface area contributed by atoms with Crippen molar-refractivity contribution in [3.05, 3.63) is 65.1 Å². The van der Waals surface area contributed by atoms with Gasteiger partial charge in [0.1, 0.15) is 6.10 Å². The minimum Gasteiger partial charge on any atom is -0.434 e. The van der Waals surface area contributed by atoms with E-state index < -0.39 is 18.4 Å². The molecular formula is C30H40IN3O5. The second-order valence-corrected chi connectivity index (χ2v) is 11.8. The molecule has 3 aromatic rings. The predicted octanol–water partition coefficient (Wildman–Crippen LogP) is 7.12. The lowest BCUT2D eigenvalue weighted by Gasteiger charge is -2.39. The average Bonchev–Trinajstić information content (AvgIpc) is 3.24. The number of aromatic nitrogens is 2. The van der Waals surface area contributed by atoms with Crippen LogP contribution in [-0.4, -0.2) is 52.5 Å². The van der Waals surface area contributed by atoms with Crippen LogP contribution in [0, 0.1) is 13.8 Å². The zero-order valence-electron chi connectivity index (χ0n) is 23.3. The van der Waals surface area contributed by atoms with Gasteiger partial charge < -0.3 is 28.7 Å². The second kappa shape index (κ2) is 14.3. The van der Waals surface area contributed by atoms with Gasteiger partial charge in [-0.2, -0.15) is 0 Å². The first-order valence-electron chi connectivity index (χ1n) is 13.8. The minimum absolute atomic E-state index is 0.333. The first kappa shape index (κ1) is 29.6. The summed E-state index contributed by atoms with van der Waals surface area (Å²) in [4.78, 5) is 17.8. The Balaban J connectivity index is 1.60. The summed E-state index contributed by atoms with van der Waals surface area (Å²) in [5.41, 5.74) is 5.60. The molecule has 4 atom stereocenters. The molecule has 0 fully saturated rings. The van der Waals surface area contributed by atoms with Crippen LogP contribution in [0.15, 0.2) is 42.6 Å². The number of fused-ring (bicyclic) bond motifs is 3. The van der Waals surface area contributed by atoms with Crippen molar-refractivity contribution in [1.82, 2.24) is 9.38 Å². The number of rotatable bonds is 13. The van der Waals surface area contributed by atoms with E-state index in [2.05, 4.69) is 46.2 Å². The van der Waals surface area contributed by atoms with Crippen molar-refractivity contribution in [1.29, 1.82) is 0 Å². The highest BCUT2D eigenvalue weighted by molar-refractivity contribution is 14.1. The largest absolute Gasteiger partial charge is 0.508 e. The maximum Gasteiger partial charge on any atom is 0.508 e. The highest BCUT2D eigenvalue weighted by Crippen LogP contribution is 2.44. The number of hydrogen-bond donors (Lipinski definition) is 1. The van der Waals surface area contributed by atoms with Crippen molar-refractivity contribution < 1.29 is 23.7 Å². The summed E-state index contributed by atoms with van der Waals surface area (Å²) in [6.07, 6.45) is 5.55. The van der Waals surface area contributed by atoms with E-state index in [1.54, 1.807) is 7.11 Å². The fraction of sp³-hybridized carbons (Fsp3) is 0.533. The predicted molar refractivity (Wildman–Crippen MR) is 161 cm³/mol. The molecule has 0 amide bonds. The summed E-state index contributed by atoms with van der Waals surface area (Å²) in [6.45, 7) is 7.37. The van der Waals surface area contributed by atoms with Gasteiger partial charge in [0.2, 0.25) is 0 Å². The molecule has 0 spiro atoms. The van der Waals surface area contributed by atoms with Gasteiger partial charge >= 0.3 is 6.16 Å². The zero-order chi connectivity index (χ0) is 27.8. The van der Waals surface area contributed by atoms with Gasteiger partial charge in [0, 0.05) is 28.5 Å². The van der Waals surface area contributed by atoms with Gasteiger partial charge in [-0.1, -0.05) is 72.7 Å².